The number of nitrogens with two attached hydrogens (primary N) is 1. The molecule has 0 fully saturated rings. The van der Waals surface area contributed by atoms with Gasteiger partial charge in [-0.3, -0.25) is 15.6 Å². The molecule has 118 valence electrons. The smallest absolute Gasteiger partial charge is 0.268 e. The van der Waals surface area contributed by atoms with Gasteiger partial charge in [0.15, 0.2) is 0 Å². The number of benzene rings is 1. The molecule has 0 saturated carbocycles. The molecule has 5 nitrogen and oxygen atoms in total. The summed E-state index contributed by atoms with van der Waals surface area (Å²) >= 11 is 7.71. The predicted molar refractivity (Wildman–Crippen MR) is 89.6 cm³/mol. The first kappa shape index (κ1) is 18.1. The minimum absolute atomic E-state index is 0.555. The Hall–Kier alpha value is -0.950. The summed E-state index contributed by atoms with van der Waals surface area (Å²) in [6.07, 6.45) is -0.653. The first-order valence-corrected chi connectivity index (χ1v) is 8.32. The van der Waals surface area contributed by atoms with Crippen molar-refractivity contribution in [2.45, 2.75) is 32.4 Å². The Morgan fingerprint density at radius 2 is 2.24 bits per heavy atom. The fourth-order valence-corrected chi connectivity index (χ4v) is 2.50. The lowest BCUT2D eigenvalue weighted by molar-refractivity contribution is -0.129. The standard InChI is InChI=1S/C14H22ClN3O2S/c1-3-21-7-6-12(16)13(19)14(20)18-17-10-5-4-9(2)11(15)8-10/h4-5,8,12-13,17,19H,3,6-7,16H2,1-2H3,(H,18,20)/t12-,13?/m1/s1. The van der Waals surface area contributed by atoms with Crippen molar-refractivity contribution >= 4 is 35.0 Å². The summed E-state index contributed by atoms with van der Waals surface area (Å²) < 4.78 is 0. The average Bonchev–Trinajstić information content (AvgIpc) is 2.47. The molecule has 1 aromatic rings. The quantitative estimate of drug-likeness (QED) is 0.432. The Labute approximate surface area is 134 Å². The summed E-state index contributed by atoms with van der Waals surface area (Å²) in [7, 11) is 0. The number of halogens is 1. The van der Waals surface area contributed by atoms with Crippen molar-refractivity contribution in [3.05, 3.63) is 28.8 Å². The van der Waals surface area contributed by atoms with Gasteiger partial charge < -0.3 is 10.8 Å². The van der Waals surface area contributed by atoms with E-state index in [2.05, 4.69) is 17.8 Å². The Kier molecular flexibility index (Phi) is 7.88. The zero-order valence-corrected chi connectivity index (χ0v) is 13.8. The van der Waals surface area contributed by atoms with E-state index in [1.54, 1.807) is 23.9 Å². The summed E-state index contributed by atoms with van der Waals surface area (Å²) in [6.45, 7) is 3.94. The van der Waals surface area contributed by atoms with Crippen LogP contribution in [0.1, 0.15) is 18.9 Å². The van der Waals surface area contributed by atoms with Crippen molar-refractivity contribution < 1.29 is 9.90 Å². The Morgan fingerprint density at radius 3 is 2.86 bits per heavy atom. The molecule has 0 saturated heterocycles. The van der Waals surface area contributed by atoms with Crippen LogP contribution >= 0.6 is 23.4 Å². The molecular formula is C14H22ClN3O2S. The van der Waals surface area contributed by atoms with Crippen molar-refractivity contribution in [2.24, 2.45) is 5.73 Å². The number of aliphatic hydroxyl groups is 1. The van der Waals surface area contributed by atoms with Gasteiger partial charge in [0.1, 0.15) is 6.10 Å². The molecule has 5 N–H and O–H groups in total. The van der Waals surface area contributed by atoms with E-state index in [9.17, 15) is 9.90 Å². The fourth-order valence-electron chi connectivity index (χ4n) is 1.59. The summed E-state index contributed by atoms with van der Waals surface area (Å²) in [5, 5.41) is 10.4. The van der Waals surface area contributed by atoms with Gasteiger partial charge in [-0.1, -0.05) is 24.6 Å². The number of aliphatic hydroxyl groups excluding tert-OH is 1. The van der Waals surface area contributed by atoms with Crippen LogP contribution in [0.25, 0.3) is 0 Å². The average molecular weight is 332 g/mol. The SMILES string of the molecule is CCSCC[C@@H](N)C(O)C(=O)NNc1ccc(C)c(Cl)c1. The first-order valence-electron chi connectivity index (χ1n) is 6.79. The van der Waals surface area contributed by atoms with Gasteiger partial charge in [-0.25, -0.2) is 0 Å². The molecule has 1 unspecified atom stereocenters. The minimum Gasteiger partial charge on any atom is -0.382 e. The number of hydrogen-bond donors (Lipinski definition) is 4. The van der Waals surface area contributed by atoms with Gasteiger partial charge in [-0.05, 0) is 42.5 Å². The predicted octanol–water partition coefficient (Wildman–Crippen LogP) is 1.92. The van der Waals surface area contributed by atoms with Gasteiger partial charge in [-0.2, -0.15) is 11.8 Å². The Morgan fingerprint density at radius 1 is 1.52 bits per heavy atom. The molecule has 1 rings (SSSR count). The fraction of sp³-hybridized carbons (Fsp3) is 0.500. The van der Waals surface area contributed by atoms with Crippen LogP contribution in [-0.2, 0) is 4.79 Å². The number of hydrogen-bond acceptors (Lipinski definition) is 5. The lowest BCUT2D eigenvalue weighted by atomic mass is 10.1. The van der Waals surface area contributed by atoms with E-state index in [-0.39, 0.29) is 0 Å². The second kappa shape index (κ2) is 9.15. The summed E-state index contributed by atoms with van der Waals surface area (Å²) in [6, 6.07) is 4.74. The number of anilines is 1. The number of thioether (sulfide) groups is 1. The normalized spacial score (nSPS) is 13.6. The van der Waals surface area contributed by atoms with Crippen LogP contribution in [0.5, 0.6) is 0 Å². The van der Waals surface area contributed by atoms with E-state index in [4.69, 9.17) is 17.3 Å². The summed E-state index contributed by atoms with van der Waals surface area (Å²) in [5.74, 6) is 1.26. The number of nitrogens with one attached hydrogen (secondary N) is 2. The van der Waals surface area contributed by atoms with Crippen molar-refractivity contribution in [1.82, 2.24) is 5.43 Å². The highest BCUT2D eigenvalue weighted by atomic mass is 35.5. The van der Waals surface area contributed by atoms with Crippen LogP contribution in [-0.4, -0.2) is 34.7 Å². The molecule has 0 radical (unpaired) electrons. The van der Waals surface area contributed by atoms with Gasteiger partial charge in [0.25, 0.3) is 5.91 Å². The second-order valence-electron chi connectivity index (χ2n) is 4.67. The molecule has 1 amide bonds. The van der Waals surface area contributed by atoms with Crippen LogP contribution in [0.15, 0.2) is 18.2 Å². The van der Waals surface area contributed by atoms with Crippen LogP contribution in [0.4, 0.5) is 5.69 Å². The van der Waals surface area contributed by atoms with Gasteiger partial charge in [0.2, 0.25) is 0 Å². The first-order chi connectivity index (χ1) is 9.95. The third-order valence-corrected chi connectivity index (χ3v) is 4.32. The van der Waals surface area contributed by atoms with Crippen molar-refractivity contribution in [1.29, 1.82) is 0 Å². The van der Waals surface area contributed by atoms with Crippen molar-refractivity contribution in [3.8, 4) is 0 Å². The van der Waals surface area contributed by atoms with E-state index in [0.29, 0.717) is 17.1 Å². The molecule has 0 aliphatic carbocycles. The highest BCUT2D eigenvalue weighted by Gasteiger charge is 2.22. The van der Waals surface area contributed by atoms with E-state index in [0.717, 1.165) is 17.1 Å². The molecule has 21 heavy (non-hydrogen) atoms. The summed E-state index contributed by atoms with van der Waals surface area (Å²) in [5.41, 5.74) is 12.5. The van der Waals surface area contributed by atoms with Gasteiger partial charge in [0, 0.05) is 11.1 Å². The molecule has 1 aromatic carbocycles. The highest BCUT2D eigenvalue weighted by Crippen LogP contribution is 2.19. The van der Waals surface area contributed by atoms with Gasteiger partial charge in [0.05, 0.1) is 5.69 Å². The molecule has 0 aromatic heterocycles. The molecule has 0 aliphatic heterocycles. The lowest BCUT2D eigenvalue weighted by Crippen LogP contribution is -2.48. The van der Waals surface area contributed by atoms with Gasteiger partial charge in [-0.15, -0.1) is 0 Å². The van der Waals surface area contributed by atoms with Crippen LogP contribution in [0, 0.1) is 6.92 Å². The van der Waals surface area contributed by atoms with Crippen molar-refractivity contribution in [3.63, 3.8) is 0 Å². The Balaban J connectivity index is 2.43. The lowest BCUT2D eigenvalue weighted by Gasteiger charge is -2.19. The number of rotatable bonds is 8. The minimum atomic E-state index is -1.24. The van der Waals surface area contributed by atoms with E-state index >= 15 is 0 Å². The molecule has 0 heterocycles. The molecule has 0 aliphatic rings. The Bertz CT molecular complexity index is 474. The van der Waals surface area contributed by atoms with E-state index in [1.807, 2.05) is 13.0 Å². The topological polar surface area (TPSA) is 87.4 Å². The monoisotopic (exact) mass is 331 g/mol. The number of hydrazine groups is 1. The third-order valence-electron chi connectivity index (χ3n) is 2.98. The van der Waals surface area contributed by atoms with E-state index < -0.39 is 18.1 Å². The summed E-state index contributed by atoms with van der Waals surface area (Å²) in [4.78, 5) is 11.8. The van der Waals surface area contributed by atoms with Gasteiger partial charge >= 0.3 is 0 Å². The number of amides is 1. The van der Waals surface area contributed by atoms with E-state index in [1.165, 1.54) is 0 Å². The molecule has 7 heteroatoms. The molecule has 0 spiro atoms. The van der Waals surface area contributed by atoms with Crippen LogP contribution < -0.4 is 16.6 Å². The zero-order valence-electron chi connectivity index (χ0n) is 12.2. The maximum Gasteiger partial charge on any atom is 0.268 e. The number of carbonyl (C=O) groups is 1. The van der Waals surface area contributed by atoms with Crippen LogP contribution in [0.2, 0.25) is 5.02 Å². The number of aryl methyl sites for hydroxylation is 1. The second-order valence-corrected chi connectivity index (χ2v) is 6.47. The maximum absolute atomic E-state index is 11.8. The maximum atomic E-state index is 11.8. The third kappa shape index (κ3) is 6.13. The number of carbonyl (C=O) groups excluding carboxylic acids is 1. The highest BCUT2D eigenvalue weighted by molar-refractivity contribution is 7.99. The molecule has 2 atom stereocenters. The van der Waals surface area contributed by atoms with Crippen LogP contribution in [0.3, 0.4) is 0 Å². The molecular weight excluding hydrogens is 310 g/mol. The largest absolute Gasteiger partial charge is 0.382 e. The molecule has 0 bridgehead atoms. The zero-order chi connectivity index (χ0) is 15.8. The van der Waals surface area contributed by atoms with Crippen molar-refractivity contribution in [2.75, 3.05) is 16.9 Å².